The zero-order valence-electron chi connectivity index (χ0n) is 13.4. The van der Waals surface area contributed by atoms with E-state index in [0.717, 1.165) is 19.4 Å². The molecule has 1 N–H and O–H groups in total. The number of nitrogens with zero attached hydrogens (tertiary/aromatic N) is 1. The van der Waals surface area contributed by atoms with E-state index in [1.807, 2.05) is 0 Å². The Morgan fingerprint density at radius 3 is 2.86 bits per heavy atom. The fourth-order valence-corrected chi connectivity index (χ4v) is 3.09. The van der Waals surface area contributed by atoms with Gasteiger partial charge in [-0.25, -0.2) is 0 Å². The van der Waals surface area contributed by atoms with Crippen LogP contribution in [-0.4, -0.2) is 31.6 Å². The van der Waals surface area contributed by atoms with Crippen molar-refractivity contribution in [2.24, 2.45) is 0 Å². The molecule has 0 saturated carbocycles. The number of para-hydroxylation sites is 1. The van der Waals surface area contributed by atoms with Crippen molar-refractivity contribution in [3.63, 3.8) is 0 Å². The molecule has 2 nitrogen and oxygen atoms in total. The van der Waals surface area contributed by atoms with E-state index in [9.17, 15) is 0 Å². The summed E-state index contributed by atoms with van der Waals surface area (Å²) in [6.07, 6.45) is 12.5. The van der Waals surface area contributed by atoms with Crippen LogP contribution >= 0.6 is 12.4 Å². The second-order valence-corrected chi connectivity index (χ2v) is 6.15. The summed E-state index contributed by atoms with van der Waals surface area (Å²) in [6.45, 7) is 1.13. The molecule has 1 heterocycles. The van der Waals surface area contributed by atoms with E-state index < -0.39 is 0 Å². The van der Waals surface area contributed by atoms with Gasteiger partial charge in [-0.15, -0.1) is 12.4 Å². The first-order valence-corrected chi connectivity index (χ1v) is 7.82. The molecule has 0 aromatic heterocycles. The summed E-state index contributed by atoms with van der Waals surface area (Å²) in [7, 11) is 4.28. The highest BCUT2D eigenvalue weighted by Crippen LogP contribution is 2.34. The smallest absolute Gasteiger partial charge is 0.0548 e. The van der Waals surface area contributed by atoms with Crippen molar-refractivity contribution < 1.29 is 0 Å². The van der Waals surface area contributed by atoms with Gasteiger partial charge in [-0.1, -0.05) is 42.5 Å². The molecule has 1 aromatic rings. The van der Waals surface area contributed by atoms with Gasteiger partial charge < -0.3 is 10.2 Å². The van der Waals surface area contributed by atoms with Gasteiger partial charge in [0.1, 0.15) is 0 Å². The lowest BCUT2D eigenvalue weighted by Gasteiger charge is -2.20. The van der Waals surface area contributed by atoms with Crippen LogP contribution < -0.4 is 5.32 Å². The minimum Gasteiger partial charge on any atom is -0.377 e. The van der Waals surface area contributed by atoms with Crippen LogP contribution in [0.2, 0.25) is 0 Å². The molecule has 0 saturated heterocycles. The van der Waals surface area contributed by atoms with Gasteiger partial charge in [-0.05, 0) is 57.1 Å². The van der Waals surface area contributed by atoms with Crippen LogP contribution in [0, 0.1) is 0 Å². The van der Waals surface area contributed by atoms with Gasteiger partial charge in [0.05, 0.1) is 6.04 Å². The molecule has 2 aliphatic rings. The van der Waals surface area contributed by atoms with Crippen LogP contribution in [-0.2, 0) is 0 Å². The third-order valence-electron chi connectivity index (χ3n) is 4.19. The van der Waals surface area contributed by atoms with Crippen LogP contribution in [0.5, 0.6) is 0 Å². The van der Waals surface area contributed by atoms with E-state index in [4.69, 9.17) is 0 Å². The Morgan fingerprint density at radius 1 is 1.23 bits per heavy atom. The largest absolute Gasteiger partial charge is 0.377 e. The van der Waals surface area contributed by atoms with Gasteiger partial charge in [0, 0.05) is 11.3 Å². The first-order valence-electron chi connectivity index (χ1n) is 7.82. The number of hydrogen-bond donors (Lipinski definition) is 1. The average molecular weight is 317 g/mol. The standard InChI is InChI=1S/C19H24N2.ClH/c1-21(2)13-7-9-15-14-16-8-3-5-11-18(16)20-19-12-6-4-10-17(15)19;/h3-6,8,10,12,14,18,20H,7,9,11,13H2,1-2H3;1H. The fraction of sp³-hybridized carbons (Fsp3) is 0.368. The van der Waals surface area contributed by atoms with E-state index >= 15 is 0 Å². The van der Waals surface area contributed by atoms with Crippen molar-refractivity contribution in [3.8, 4) is 0 Å². The van der Waals surface area contributed by atoms with Crippen LogP contribution in [0.15, 0.2) is 54.1 Å². The SMILES string of the molecule is CN(C)CCCC1=CC2=CC=CCC2Nc2ccccc21.Cl. The molecule has 0 spiro atoms. The molecule has 0 bridgehead atoms. The second-order valence-electron chi connectivity index (χ2n) is 6.15. The Hall–Kier alpha value is -1.51. The first kappa shape index (κ1) is 16.9. The Morgan fingerprint density at radius 2 is 2.05 bits per heavy atom. The number of nitrogens with one attached hydrogen (secondary N) is 1. The topological polar surface area (TPSA) is 15.3 Å². The highest BCUT2D eigenvalue weighted by molar-refractivity contribution is 5.85. The number of benzene rings is 1. The molecule has 1 aliphatic heterocycles. The second kappa shape index (κ2) is 7.66. The number of rotatable bonds is 4. The number of anilines is 1. The predicted octanol–water partition coefficient (Wildman–Crippen LogP) is 4.51. The maximum absolute atomic E-state index is 3.71. The Labute approximate surface area is 140 Å². The summed E-state index contributed by atoms with van der Waals surface area (Å²) in [5.41, 5.74) is 5.52. The minimum absolute atomic E-state index is 0. The number of halogens is 1. The zero-order valence-corrected chi connectivity index (χ0v) is 14.2. The van der Waals surface area contributed by atoms with Crippen LogP contribution in [0.1, 0.15) is 24.8 Å². The van der Waals surface area contributed by atoms with Crippen molar-refractivity contribution in [2.45, 2.75) is 25.3 Å². The summed E-state index contributed by atoms with van der Waals surface area (Å²) in [6, 6.07) is 9.13. The monoisotopic (exact) mass is 316 g/mol. The molecule has 0 radical (unpaired) electrons. The predicted molar refractivity (Wildman–Crippen MR) is 98.7 cm³/mol. The van der Waals surface area contributed by atoms with Crippen molar-refractivity contribution in [2.75, 3.05) is 26.0 Å². The molecule has 1 atom stereocenters. The number of fused-ring (bicyclic) bond motifs is 2. The van der Waals surface area contributed by atoms with E-state index in [-0.39, 0.29) is 12.4 Å². The van der Waals surface area contributed by atoms with E-state index in [2.05, 4.69) is 72.9 Å². The lowest BCUT2D eigenvalue weighted by molar-refractivity contribution is 0.403. The van der Waals surface area contributed by atoms with Crippen LogP contribution in [0.4, 0.5) is 5.69 Å². The molecule has 118 valence electrons. The van der Waals surface area contributed by atoms with Crippen molar-refractivity contribution in [3.05, 3.63) is 59.7 Å². The van der Waals surface area contributed by atoms with E-state index in [1.54, 1.807) is 0 Å². The van der Waals surface area contributed by atoms with Gasteiger partial charge in [0.25, 0.3) is 0 Å². The normalized spacial score (nSPS) is 19.1. The van der Waals surface area contributed by atoms with Crippen molar-refractivity contribution >= 4 is 23.7 Å². The lowest BCUT2D eigenvalue weighted by Crippen LogP contribution is -2.21. The molecular weight excluding hydrogens is 292 g/mol. The highest BCUT2D eigenvalue weighted by atomic mass is 35.5. The molecule has 3 rings (SSSR count). The summed E-state index contributed by atoms with van der Waals surface area (Å²) < 4.78 is 0. The van der Waals surface area contributed by atoms with Gasteiger partial charge >= 0.3 is 0 Å². The van der Waals surface area contributed by atoms with E-state index in [1.165, 1.54) is 28.8 Å². The first-order chi connectivity index (χ1) is 10.2. The van der Waals surface area contributed by atoms with Gasteiger partial charge in [-0.2, -0.15) is 0 Å². The average Bonchev–Trinajstić information content (AvgIpc) is 2.63. The molecule has 0 fully saturated rings. The Bertz CT molecular complexity index is 599. The zero-order chi connectivity index (χ0) is 14.7. The number of allylic oxidation sites excluding steroid dienone is 3. The van der Waals surface area contributed by atoms with Crippen molar-refractivity contribution in [1.29, 1.82) is 0 Å². The van der Waals surface area contributed by atoms with Gasteiger partial charge in [-0.3, -0.25) is 0 Å². The fourth-order valence-electron chi connectivity index (χ4n) is 3.09. The summed E-state index contributed by atoms with van der Waals surface area (Å²) in [5, 5.41) is 3.71. The van der Waals surface area contributed by atoms with Gasteiger partial charge in [0.2, 0.25) is 0 Å². The molecule has 22 heavy (non-hydrogen) atoms. The van der Waals surface area contributed by atoms with Crippen molar-refractivity contribution in [1.82, 2.24) is 4.90 Å². The lowest BCUT2D eigenvalue weighted by atomic mass is 9.95. The molecule has 1 unspecified atom stereocenters. The minimum atomic E-state index is 0. The molecule has 0 amide bonds. The maximum atomic E-state index is 3.71. The molecule has 1 aromatic carbocycles. The molecular formula is C19H25ClN2. The third kappa shape index (κ3) is 3.82. The summed E-state index contributed by atoms with van der Waals surface area (Å²) in [4.78, 5) is 2.26. The Balaban J connectivity index is 0.00000176. The Kier molecular flexibility index (Phi) is 5.87. The van der Waals surface area contributed by atoms with E-state index in [0.29, 0.717) is 6.04 Å². The van der Waals surface area contributed by atoms with Crippen LogP contribution in [0.3, 0.4) is 0 Å². The maximum Gasteiger partial charge on any atom is 0.0548 e. The highest BCUT2D eigenvalue weighted by Gasteiger charge is 2.20. The quantitative estimate of drug-likeness (QED) is 0.879. The molecule has 3 heteroatoms. The summed E-state index contributed by atoms with van der Waals surface area (Å²) in [5.74, 6) is 0. The van der Waals surface area contributed by atoms with Gasteiger partial charge in [0.15, 0.2) is 0 Å². The third-order valence-corrected chi connectivity index (χ3v) is 4.19. The number of hydrogen-bond acceptors (Lipinski definition) is 2. The molecule has 1 aliphatic carbocycles. The summed E-state index contributed by atoms with van der Waals surface area (Å²) >= 11 is 0. The van der Waals surface area contributed by atoms with Crippen LogP contribution in [0.25, 0.3) is 5.57 Å².